The minimum Gasteiger partial charge on any atom is -0.310 e. The fourth-order valence-corrected chi connectivity index (χ4v) is 4.27. The Morgan fingerprint density at radius 2 is 1.87 bits per heavy atom. The lowest BCUT2D eigenvalue weighted by molar-refractivity contribution is 0.263. The standard InChI is InChI=1S/C13H25NS/c1-10(12-6-4-3-5-7-12)14-13-8-9-15-11(13)2/h10-14H,3-9H2,1-2H3/t10-,11?,13?/m1/s1. The van der Waals surface area contributed by atoms with Crippen LogP contribution in [0.1, 0.15) is 52.4 Å². The lowest BCUT2D eigenvalue weighted by atomic mass is 9.84. The van der Waals surface area contributed by atoms with Gasteiger partial charge in [0, 0.05) is 17.3 Å². The van der Waals surface area contributed by atoms with Crippen LogP contribution in [-0.2, 0) is 0 Å². The number of thioether (sulfide) groups is 1. The van der Waals surface area contributed by atoms with Crippen LogP contribution in [0.5, 0.6) is 0 Å². The van der Waals surface area contributed by atoms with Gasteiger partial charge in [0.25, 0.3) is 0 Å². The molecule has 1 heterocycles. The molecule has 1 N–H and O–H groups in total. The zero-order valence-corrected chi connectivity index (χ0v) is 11.0. The van der Waals surface area contributed by atoms with E-state index in [1.807, 2.05) is 0 Å². The molecule has 0 aromatic carbocycles. The average Bonchev–Trinajstić information content (AvgIpc) is 2.66. The molecule has 1 nitrogen and oxygen atoms in total. The van der Waals surface area contributed by atoms with Gasteiger partial charge in [-0.15, -0.1) is 0 Å². The molecule has 2 fully saturated rings. The summed E-state index contributed by atoms with van der Waals surface area (Å²) in [7, 11) is 0. The lowest BCUT2D eigenvalue weighted by Gasteiger charge is -2.31. The maximum absolute atomic E-state index is 3.88. The van der Waals surface area contributed by atoms with E-state index in [-0.39, 0.29) is 0 Å². The van der Waals surface area contributed by atoms with Gasteiger partial charge in [0.1, 0.15) is 0 Å². The van der Waals surface area contributed by atoms with Crippen molar-refractivity contribution < 1.29 is 0 Å². The van der Waals surface area contributed by atoms with Gasteiger partial charge in [-0.05, 0) is 37.9 Å². The summed E-state index contributed by atoms with van der Waals surface area (Å²) in [6, 6.07) is 1.53. The van der Waals surface area contributed by atoms with E-state index in [2.05, 4.69) is 30.9 Å². The smallest absolute Gasteiger partial charge is 0.0194 e. The van der Waals surface area contributed by atoms with Crippen molar-refractivity contribution in [1.82, 2.24) is 5.32 Å². The summed E-state index contributed by atoms with van der Waals surface area (Å²) >= 11 is 2.13. The Morgan fingerprint density at radius 1 is 1.13 bits per heavy atom. The van der Waals surface area contributed by atoms with E-state index in [9.17, 15) is 0 Å². The normalized spacial score (nSPS) is 35.6. The van der Waals surface area contributed by atoms with E-state index in [0.717, 1.165) is 23.3 Å². The molecule has 15 heavy (non-hydrogen) atoms. The predicted octanol–water partition coefficient (Wildman–Crippen LogP) is 3.44. The average molecular weight is 227 g/mol. The maximum Gasteiger partial charge on any atom is 0.0194 e. The van der Waals surface area contributed by atoms with Crippen LogP contribution in [0.15, 0.2) is 0 Å². The Hall–Kier alpha value is 0.310. The van der Waals surface area contributed by atoms with Gasteiger partial charge in [0.05, 0.1) is 0 Å². The largest absolute Gasteiger partial charge is 0.310 e. The van der Waals surface area contributed by atoms with Crippen molar-refractivity contribution in [3.63, 3.8) is 0 Å². The van der Waals surface area contributed by atoms with E-state index < -0.39 is 0 Å². The molecule has 1 saturated carbocycles. The molecule has 2 aliphatic rings. The molecule has 1 aliphatic heterocycles. The molecule has 2 rings (SSSR count). The molecule has 0 radical (unpaired) electrons. The monoisotopic (exact) mass is 227 g/mol. The van der Waals surface area contributed by atoms with Crippen molar-refractivity contribution in [3.05, 3.63) is 0 Å². The molecular formula is C13H25NS. The first-order chi connectivity index (χ1) is 7.27. The molecule has 0 aromatic heterocycles. The summed E-state index contributed by atoms with van der Waals surface area (Å²) in [4.78, 5) is 0. The van der Waals surface area contributed by atoms with Gasteiger partial charge in [-0.1, -0.05) is 26.2 Å². The number of rotatable bonds is 3. The van der Waals surface area contributed by atoms with Gasteiger partial charge in [-0.2, -0.15) is 11.8 Å². The number of hydrogen-bond acceptors (Lipinski definition) is 2. The molecule has 2 heteroatoms. The first kappa shape index (κ1) is 11.8. The topological polar surface area (TPSA) is 12.0 Å². The van der Waals surface area contributed by atoms with Crippen LogP contribution in [0.25, 0.3) is 0 Å². The summed E-state index contributed by atoms with van der Waals surface area (Å²) in [5.74, 6) is 2.31. The van der Waals surface area contributed by atoms with Gasteiger partial charge < -0.3 is 5.32 Å². The van der Waals surface area contributed by atoms with E-state index in [4.69, 9.17) is 0 Å². The minimum absolute atomic E-state index is 0.747. The summed E-state index contributed by atoms with van der Waals surface area (Å²) in [5, 5.41) is 4.71. The summed E-state index contributed by atoms with van der Waals surface area (Å²) < 4.78 is 0. The summed E-state index contributed by atoms with van der Waals surface area (Å²) in [6.45, 7) is 4.79. The molecule has 0 aromatic rings. The number of hydrogen-bond donors (Lipinski definition) is 1. The van der Waals surface area contributed by atoms with Crippen LogP contribution in [0.3, 0.4) is 0 Å². The van der Waals surface area contributed by atoms with Crippen molar-refractivity contribution in [2.45, 2.75) is 69.7 Å². The Balaban J connectivity index is 1.77. The zero-order chi connectivity index (χ0) is 10.7. The minimum atomic E-state index is 0.747. The molecule has 0 spiro atoms. The van der Waals surface area contributed by atoms with Crippen molar-refractivity contribution >= 4 is 11.8 Å². The Bertz CT molecular complexity index is 189. The van der Waals surface area contributed by atoms with Crippen LogP contribution >= 0.6 is 11.8 Å². The molecule has 0 bridgehead atoms. The molecule has 88 valence electrons. The van der Waals surface area contributed by atoms with E-state index in [1.165, 1.54) is 44.3 Å². The highest BCUT2D eigenvalue weighted by Gasteiger charge is 2.28. The van der Waals surface area contributed by atoms with Crippen molar-refractivity contribution in [1.29, 1.82) is 0 Å². The van der Waals surface area contributed by atoms with Gasteiger partial charge >= 0.3 is 0 Å². The second-order valence-electron chi connectivity index (χ2n) is 5.32. The fraction of sp³-hybridized carbons (Fsp3) is 1.00. The Labute approximate surface area is 98.8 Å². The maximum atomic E-state index is 3.88. The van der Waals surface area contributed by atoms with Crippen molar-refractivity contribution in [2.75, 3.05) is 5.75 Å². The van der Waals surface area contributed by atoms with Crippen LogP contribution in [0.4, 0.5) is 0 Å². The lowest BCUT2D eigenvalue weighted by Crippen LogP contribution is -2.43. The third-order valence-electron chi connectivity index (χ3n) is 4.21. The summed E-state index contributed by atoms with van der Waals surface area (Å²) in [6.07, 6.45) is 8.70. The second kappa shape index (κ2) is 5.58. The van der Waals surface area contributed by atoms with Crippen molar-refractivity contribution in [3.8, 4) is 0 Å². The quantitative estimate of drug-likeness (QED) is 0.792. The molecule has 1 saturated heterocycles. The highest BCUT2D eigenvalue weighted by Crippen LogP contribution is 2.30. The predicted molar refractivity (Wildman–Crippen MR) is 69.5 cm³/mol. The van der Waals surface area contributed by atoms with E-state index in [0.29, 0.717) is 0 Å². The molecule has 0 amide bonds. The molecule has 3 atom stereocenters. The van der Waals surface area contributed by atoms with Gasteiger partial charge in [-0.25, -0.2) is 0 Å². The third kappa shape index (κ3) is 3.13. The van der Waals surface area contributed by atoms with Crippen molar-refractivity contribution in [2.24, 2.45) is 5.92 Å². The third-order valence-corrected chi connectivity index (χ3v) is 5.54. The molecule has 1 aliphatic carbocycles. The van der Waals surface area contributed by atoms with Crippen LogP contribution in [-0.4, -0.2) is 23.1 Å². The van der Waals surface area contributed by atoms with Gasteiger partial charge in [-0.3, -0.25) is 0 Å². The van der Waals surface area contributed by atoms with Gasteiger partial charge in [0.2, 0.25) is 0 Å². The number of nitrogens with one attached hydrogen (secondary N) is 1. The van der Waals surface area contributed by atoms with Crippen LogP contribution in [0, 0.1) is 5.92 Å². The van der Waals surface area contributed by atoms with E-state index >= 15 is 0 Å². The molecular weight excluding hydrogens is 202 g/mol. The fourth-order valence-electron chi connectivity index (χ4n) is 3.06. The zero-order valence-electron chi connectivity index (χ0n) is 10.2. The van der Waals surface area contributed by atoms with E-state index in [1.54, 1.807) is 0 Å². The Kier molecular flexibility index (Phi) is 4.39. The summed E-state index contributed by atoms with van der Waals surface area (Å²) in [5.41, 5.74) is 0. The second-order valence-corrected chi connectivity index (χ2v) is 6.81. The SMILES string of the molecule is CC1SCCC1N[C@H](C)C1CCCCC1. The highest BCUT2D eigenvalue weighted by molar-refractivity contribution is 8.00. The van der Waals surface area contributed by atoms with Crippen LogP contribution < -0.4 is 5.32 Å². The Morgan fingerprint density at radius 3 is 2.47 bits per heavy atom. The first-order valence-corrected chi connectivity index (χ1v) is 7.70. The molecule has 2 unspecified atom stereocenters. The first-order valence-electron chi connectivity index (χ1n) is 6.65. The highest BCUT2D eigenvalue weighted by atomic mass is 32.2. The van der Waals surface area contributed by atoms with Crippen LogP contribution in [0.2, 0.25) is 0 Å². The van der Waals surface area contributed by atoms with Gasteiger partial charge in [0.15, 0.2) is 0 Å².